The third-order valence-corrected chi connectivity index (χ3v) is 6.94. The number of aliphatic hydroxyl groups is 1. The van der Waals surface area contributed by atoms with E-state index in [2.05, 4.69) is 32.2 Å². The van der Waals surface area contributed by atoms with E-state index in [-0.39, 0.29) is 18.5 Å². The summed E-state index contributed by atoms with van der Waals surface area (Å²) in [6.07, 6.45) is 1.18. The second-order valence-electron chi connectivity index (χ2n) is 9.60. The number of aryl methyl sites for hydroxylation is 1. The zero-order valence-corrected chi connectivity index (χ0v) is 21.9. The van der Waals surface area contributed by atoms with Crippen molar-refractivity contribution in [1.82, 2.24) is 9.80 Å². The van der Waals surface area contributed by atoms with Crippen molar-refractivity contribution in [1.29, 1.82) is 0 Å². The first-order chi connectivity index (χ1) is 16.4. The van der Waals surface area contributed by atoms with Crippen molar-refractivity contribution in [3.05, 3.63) is 51.7 Å². The van der Waals surface area contributed by atoms with E-state index in [1.165, 1.54) is 10.4 Å². The Hall–Kier alpha value is -1.93. The molecule has 1 aromatic carbocycles. The first-order valence-electron chi connectivity index (χ1n) is 12.4. The lowest BCUT2D eigenvalue weighted by molar-refractivity contribution is -0.136. The Balaban J connectivity index is 1.65. The molecule has 6 nitrogen and oxygen atoms in total. The molecule has 2 heterocycles. The van der Waals surface area contributed by atoms with Crippen LogP contribution in [0, 0.1) is 12.8 Å². The number of rotatable bonds is 13. The molecule has 0 aliphatic carbocycles. The molecule has 0 unspecified atom stereocenters. The fourth-order valence-corrected chi connectivity index (χ4v) is 5.31. The number of hydrogen-bond donors (Lipinski definition) is 1. The number of amides is 1. The fourth-order valence-electron chi connectivity index (χ4n) is 4.38. The number of ether oxygens (including phenoxy) is 2. The molecule has 1 aromatic heterocycles. The van der Waals surface area contributed by atoms with E-state index in [9.17, 15) is 9.90 Å². The third-order valence-electron chi connectivity index (χ3n) is 5.94. The van der Waals surface area contributed by atoms with Gasteiger partial charge in [-0.15, -0.1) is 11.3 Å². The highest BCUT2D eigenvalue weighted by molar-refractivity contribution is 7.10. The summed E-state index contributed by atoms with van der Waals surface area (Å²) >= 11 is 1.76. The third kappa shape index (κ3) is 7.80. The summed E-state index contributed by atoms with van der Waals surface area (Å²) in [6.45, 7) is 11.8. The minimum atomic E-state index is -0.608. The zero-order chi connectivity index (χ0) is 24.5. The number of fused-ring (bicyclic) bond motifs is 1. The molecule has 1 N–H and O–H groups in total. The van der Waals surface area contributed by atoms with E-state index in [1.54, 1.807) is 11.3 Å². The van der Waals surface area contributed by atoms with E-state index in [0.717, 1.165) is 30.7 Å². The first-order valence-corrected chi connectivity index (χ1v) is 13.3. The summed E-state index contributed by atoms with van der Waals surface area (Å²) in [6, 6.07) is 10.0. The van der Waals surface area contributed by atoms with Crippen molar-refractivity contribution in [2.75, 3.05) is 46.0 Å². The number of nitrogens with zero attached hydrogens (tertiary/aromatic N) is 2. The Bertz CT molecular complexity index is 900. The second kappa shape index (κ2) is 13.2. The van der Waals surface area contributed by atoms with Gasteiger partial charge in [-0.1, -0.05) is 32.9 Å². The van der Waals surface area contributed by atoms with Gasteiger partial charge in [0.05, 0.1) is 25.3 Å². The lowest BCUT2D eigenvalue weighted by atomic mass is 10.0. The number of carbonyl (C=O) groups is 1. The van der Waals surface area contributed by atoms with Crippen molar-refractivity contribution in [3.8, 4) is 5.75 Å². The van der Waals surface area contributed by atoms with Crippen LogP contribution in [0.2, 0.25) is 0 Å². The molecule has 1 aliphatic rings. The van der Waals surface area contributed by atoms with Crippen molar-refractivity contribution < 1.29 is 19.4 Å². The maximum Gasteiger partial charge on any atom is 0.237 e. The normalized spacial score (nSPS) is 16.7. The summed E-state index contributed by atoms with van der Waals surface area (Å²) in [5.41, 5.74) is 2.35. The van der Waals surface area contributed by atoms with Gasteiger partial charge in [0, 0.05) is 24.6 Å². The molecule has 1 aliphatic heterocycles. The minimum absolute atomic E-state index is 0.0819. The van der Waals surface area contributed by atoms with E-state index in [4.69, 9.17) is 9.47 Å². The predicted molar refractivity (Wildman–Crippen MR) is 138 cm³/mol. The van der Waals surface area contributed by atoms with Crippen LogP contribution in [-0.2, 0) is 16.0 Å². The number of aliphatic hydroxyl groups excluding tert-OH is 1. The van der Waals surface area contributed by atoms with E-state index in [1.807, 2.05) is 41.0 Å². The number of hydrogen-bond acceptors (Lipinski definition) is 6. The second-order valence-corrected chi connectivity index (χ2v) is 10.6. The van der Waals surface area contributed by atoms with E-state index >= 15 is 0 Å². The average molecular weight is 489 g/mol. The van der Waals surface area contributed by atoms with Gasteiger partial charge < -0.3 is 19.5 Å². The smallest absolute Gasteiger partial charge is 0.237 e. The monoisotopic (exact) mass is 488 g/mol. The molecular formula is C27H40N2O4S. The quantitative estimate of drug-likeness (QED) is 0.455. The number of benzene rings is 1. The summed E-state index contributed by atoms with van der Waals surface area (Å²) in [4.78, 5) is 18.8. The molecular weight excluding hydrogens is 448 g/mol. The van der Waals surface area contributed by atoms with Gasteiger partial charge in [0.1, 0.15) is 12.4 Å². The van der Waals surface area contributed by atoms with E-state index in [0.29, 0.717) is 38.8 Å². The van der Waals surface area contributed by atoms with Crippen LogP contribution in [0.4, 0.5) is 0 Å². The van der Waals surface area contributed by atoms with Crippen LogP contribution in [0.5, 0.6) is 5.75 Å². The highest BCUT2D eigenvalue weighted by atomic mass is 32.1. The summed E-state index contributed by atoms with van der Waals surface area (Å²) in [5.74, 6) is 1.34. The molecule has 0 saturated carbocycles. The van der Waals surface area contributed by atoms with Gasteiger partial charge in [-0.3, -0.25) is 9.69 Å². The SMILES string of the molecule is CCCN(CC(=O)N1CCc2sccc2[C@H]1COc1cccc(C)c1)C[C@@H](O)COCC(C)C. The molecule has 34 heavy (non-hydrogen) atoms. The van der Waals surface area contributed by atoms with Gasteiger partial charge in [-0.05, 0) is 66.9 Å². The van der Waals surface area contributed by atoms with Crippen LogP contribution >= 0.6 is 11.3 Å². The molecule has 1 amide bonds. The number of carbonyl (C=O) groups excluding carboxylic acids is 1. The topological polar surface area (TPSA) is 62.2 Å². The van der Waals surface area contributed by atoms with Gasteiger partial charge in [-0.25, -0.2) is 0 Å². The van der Waals surface area contributed by atoms with Crippen LogP contribution in [-0.4, -0.2) is 72.9 Å². The van der Waals surface area contributed by atoms with Crippen molar-refractivity contribution in [2.45, 2.75) is 52.7 Å². The van der Waals surface area contributed by atoms with Crippen LogP contribution in [0.15, 0.2) is 35.7 Å². The minimum Gasteiger partial charge on any atom is -0.491 e. The first kappa shape index (κ1) is 26.7. The molecule has 0 fully saturated rings. The zero-order valence-electron chi connectivity index (χ0n) is 21.0. The Morgan fingerprint density at radius 3 is 2.85 bits per heavy atom. The lowest BCUT2D eigenvalue weighted by Gasteiger charge is -2.37. The molecule has 7 heteroatoms. The van der Waals surface area contributed by atoms with Gasteiger partial charge in [0.15, 0.2) is 0 Å². The van der Waals surface area contributed by atoms with Crippen LogP contribution < -0.4 is 4.74 Å². The molecule has 0 saturated heterocycles. The van der Waals surface area contributed by atoms with Crippen LogP contribution in [0.25, 0.3) is 0 Å². The summed E-state index contributed by atoms with van der Waals surface area (Å²) in [5, 5.41) is 12.6. The predicted octanol–water partition coefficient (Wildman–Crippen LogP) is 4.31. The maximum atomic E-state index is 13.5. The molecule has 2 atom stereocenters. The lowest BCUT2D eigenvalue weighted by Crippen LogP contribution is -2.48. The Kier molecular flexibility index (Phi) is 10.4. The van der Waals surface area contributed by atoms with Gasteiger partial charge >= 0.3 is 0 Å². The summed E-state index contributed by atoms with van der Waals surface area (Å²) in [7, 11) is 0. The largest absolute Gasteiger partial charge is 0.491 e. The molecule has 3 rings (SSSR count). The standard InChI is InChI=1S/C27H40N2O4S/c1-5-11-28(15-22(30)18-32-17-20(2)3)16-27(31)29-12-9-26-24(10-13-34-26)25(29)19-33-23-8-6-7-21(4)14-23/h6-8,10,13-14,20,22,25,30H,5,9,11-12,15-19H2,1-4H3/t22-,25-/m1/s1. The van der Waals surface area contributed by atoms with Gasteiger partial charge in [0.25, 0.3) is 0 Å². The number of thiophene rings is 1. The van der Waals surface area contributed by atoms with Gasteiger partial charge in [0.2, 0.25) is 5.91 Å². The van der Waals surface area contributed by atoms with Crippen LogP contribution in [0.3, 0.4) is 0 Å². The highest BCUT2D eigenvalue weighted by Crippen LogP contribution is 2.34. The van der Waals surface area contributed by atoms with Crippen molar-refractivity contribution >= 4 is 17.2 Å². The Morgan fingerprint density at radius 1 is 1.29 bits per heavy atom. The highest BCUT2D eigenvalue weighted by Gasteiger charge is 2.33. The Labute approximate surface area is 208 Å². The molecule has 188 valence electrons. The van der Waals surface area contributed by atoms with Crippen LogP contribution in [0.1, 0.15) is 49.2 Å². The van der Waals surface area contributed by atoms with Crippen molar-refractivity contribution in [3.63, 3.8) is 0 Å². The summed E-state index contributed by atoms with van der Waals surface area (Å²) < 4.78 is 11.8. The molecule has 0 radical (unpaired) electrons. The molecule has 0 spiro atoms. The van der Waals surface area contributed by atoms with Gasteiger partial charge in [-0.2, -0.15) is 0 Å². The van der Waals surface area contributed by atoms with Crippen molar-refractivity contribution in [2.24, 2.45) is 5.92 Å². The average Bonchev–Trinajstić information content (AvgIpc) is 3.26. The molecule has 2 aromatic rings. The maximum absolute atomic E-state index is 13.5. The molecule has 0 bridgehead atoms. The van der Waals surface area contributed by atoms with E-state index < -0.39 is 6.10 Å². The fraction of sp³-hybridized carbons (Fsp3) is 0.593. The Morgan fingerprint density at radius 2 is 2.12 bits per heavy atom.